The second-order valence-electron chi connectivity index (χ2n) is 5.69. The third-order valence-electron chi connectivity index (χ3n) is 4.17. The normalized spacial score (nSPS) is 25.7. The fourth-order valence-corrected chi connectivity index (χ4v) is 3.05. The molecule has 3 rings (SSSR count). The number of benzene rings is 1. The lowest BCUT2D eigenvalue weighted by atomic mass is 10.0. The molecule has 0 spiro atoms. The average molecular weight is 260 g/mol. The van der Waals surface area contributed by atoms with E-state index < -0.39 is 0 Å². The van der Waals surface area contributed by atoms with Gasteiger partial charge in [-0.25, -0.2) is 0 Å². The highest BCUT2D eigenvalue weighted by molar-refractivity contribution is 5.96. The average Bonchev–Trinajstić information content (AvgIpc) is 2.72. The molecule has 0 aromatic heterocycles. The number of nitrogen functional groups attached to an aromatic ring is 1. The minimum Gasteiger partial charge on any atom is -0.398 e. The summed E-state index contributed by atoms with van der Waals surface area (Å²) in [6, 6.07) is 3.79. The van der Waals surface area contributed by atoms with Crippen molar-refractivity contribution >= 4 is 11.6 Å². The number of amides is 1. The molecule has 2 fully saturated rings. The van der Waals surface area contributed by atoms with Gasteiger partial charge in [-0.3, -0.25) is 4.79 Å². The molecular formula is C15H20N2O2. The molecule has 2 aliphatic heterocycles. The van der Waals surface area contributed by atoms with E-state index >= 15 is 0 Å². The Hall–Kier alpha value is -1.55. The first kappa shape index (κ1) is 12.5. The maximum atomic E-state index is 12.6. The number of carbonyl (C=O) groups excluding carboxylic acids is 1. The number of nitrogens with two attached hydrogens (primary N) is 1. The Balaban J connectivity index is 1.86. The molecule has 2 saturated heterocycles. The Morgan fingerprint density at radius 2 is 1.84 bits per heavy atom. The number of ether oxygens (including phenoxy) is 1. The van der Waals surface area contributed by atoms with E-state index in [9.17, 15) is 4.79 Å². The van der Waals surface area contributed by atoms with Crippen LogP contribution in [0.15, 0.2) is 12.1 Å². The summed E-state index contributed by atoms with van der Waals surface area (Å²) in [5.41, 5.74) is 9.36. The zero-order valence-electron chi connectivity index (χ0n) is 11.5. The predicted molar refractivity (Wildman–Crippen MR) is 74.1 cm³/mol. The minimum atomic E-state index is 0.0874. The molecule has 2 heterocycles. The van der Waals surface area contributed by atoms with Crippen LogP contribution in [0.2, 0.25) is 0 Å². The lowest BCUT2D eigenvalue weighted by Crippen LogP contribution is -2.46. The van der Waals surface area contributed by atoms with Crippen molar-refractivity contribution in [1.82, 2.24) is 4.90 Å². The topological polar surface area (TPSA) is 55.6 Å². The number of hydrogen-bond donors (Lipinski definition) is 1. The smallest absolute Gasteiger partial charge is 0.254 e. The van der Waals surface area contributed by atoms with E-state index in [1.165, 1.54) is 0 Å². The van der Waals surface area contributed by atoms with Gasteiger partial charge in [0, 0.05) is 24.3 Å². The first-order chi connectivity index (χ1) is 9.04. The molecular weight excluding hydrogens is 240 g/mol. The molecule has 0 aliphatic carbocycles. The molecule has 0 radical (unpaired) electrons. The van der Waals surface area contributed by atoms with E-state index in [0.717, 1.165) is 29.5 Å². The summed E-state index contributed by atoms with van der Waals surface area (Å²) in [4.78, 5) is 14.5. The summed E-state index contributed by atoms with van der Waals surface area (Å²) in [5.74, 6) is 0.0874. The number of rotatable bonds is 1. The molecule has 1 aromatic carbocycles. The quantitative estimate of drug-likeness (QED) is 0.784. The lowest BCUT2D eigenvalue weighted by molar-refractivity contribution is -0.0303. The highest BCUT2D eigenvalue weighted by Crippen LogP contribution is 2.28. The van der Waals surface area contributed by atoms with Gasteiger partial charge in [-0.2, -0.15) is 0 Å². The number of anilines is 1. The number of fused-ring (bicyclic) bond motifs is 2. The lowest BCUT2D eigenvalue weighted by Gasteiger charge is -2.32. The molecule has 2 atom stereocenters. The summed E-state index contributed by atoms with van der Waals surface area (Å²) in [7, 11) is 0. The van der Waals surface area contributed by atoms with Gasteiger partial charge in [-0.1, -0.05) is 6.07 Å². The zero-order chi connectivity index (χ0) is 13.6. The van der Waals surface area contributed by atoms with Crippen LogP contribution >= 0.6 is 0 Å². The van der Waals surface area contributed by atoms with E-state index in [-0.39, 0.29) is 18.1 Å². The molecule has 2 bridgehead atoms. The molecule has 102 valence electrons. The van der Waals surface area contributed by atoms with Crippen molar-refractivity contribution in [1.29, 1.82) is 0 Å². The summed E-state index contributed by atoms with van der Waals surface area (Å²) in [6.07, 6.45) is 2.60. The Morgan fingerprint density at radius 3 is 2.47 bits per heavy atom. The molecule has 2 aliphatic rings. The molecule has 4 nitrogen and oxygen atoms in total. The largest absolute Gasteiger partial charge is 0.398 e. The predicted octanol–water partition coefficient (Wildman–Crippen LogP) is 1.89. The van der Waals surface area contributed by atoms with Gasteiger partial charge in [0.2, 0.25) is 0 Å². The Labute approximate surface area is 113 Å². The van der Waals surface area contributed by atoms with E-state index in [4.69, 9.17) is 10.5 Å². The minimum absolute atomic E-state index is 0.0874. The number of hydrogen-bond acceptors (Lipinski definition) is 3. The highest BCUT2D eigenvalue weighted by Gasteiger charge is 2.36. The SMILES string of the molecule is Cc1cc(C)c(C(=O)N2CC3CCC(C2)O3)cc1N. The fraction of sp³-hybridized carbons (Fsp3) is 0.533. The van der Waals surface area contributed by atoms with Crippen molar-refractivity contribution in [2.75, 3.05) is 18.8 Å². The first-order valence-electron chi connectivity index (χ1n) is 6.86. The van der Waals surface area contributed by atoms with Crippen molar-refractivity contribution in [3.8, 4) is 0 Å². The Kier molecular flexibility index (Phi) is 2.97. The van der Waals surface area contributed by atoms with Gasteiger partial charge in [0.15, 0.2) is 0 Å². The van der Waals surface area contributed by atoms with Crippen LogP contribution in [0.4, 0.5) is 5.69 Å². The molecule has 1 aromatic rings. The van der Waals surface area contributed by atoms with E-state index in [0.29, 0.717) is 18.8 Å². The standard InChI is InChI=1S/C15H20N2O2/c1-9-5-10(2)14(16)6-13(9)15(18)17-7-11-3-4-12(8-17)19-11/h5-6,11-12H,3-4,7-8,16H2,1-2H3. The number of carbonyl (C=O) groups is 1. The van der Waals surface area contributed by atoms with Gasteiger partial charge in [0.1, 0.15) is 0 Å². The maximum Gasteiger partial charge on any atom is 0.254 e. The van der Waals surface area contributed by atoms with Crippen molar-refractivity contribution in [2.24, 2.45) is 0 Å². The number of aryl methyl sites for hydroxylation is 2. The van der Waals surface area contributed by atoms with Crippen LogP contribution in [-0.4, -0.2) is 36.1 Å². The number of likely N-dealkylation sites (tertiary alicyclic amines) is 1. The molecule has 0 saturated carbocycles. The molecule has 1 amide bonds. The van der Waals surface area contributed by atoms with Crippen LogP contribution in [-0.2, 0) is 4.74 Å². The Morgan fingerprint density at radius 1 is 1.21 bits per heavy atom. The molecule has 2 N–H and O–H groups in total. The van der Waals surface area contributed by atoms with Crippen molar-refractivity contribution in [3.63, 3.8) is 0 Å². The summed E-state index contributed by atoms with van der Waals surface area (Å²) < 4.78 is 5.77. The monoisotopic (exact) mass is 260 g/mol. The molecule has 2 unspecified atom stereocenters. The van der Waals surface area contributed by atoms with Crippen LogP contribution in [0.5, 0.6) is 0 Å². The van der Waals surface area contributed by atoms with E-state index in [1.54, 1.807) is 0 Å². The van der Waals surface area contributed by atoms with E-state index in [1.807, 2.05) is 30.9 Å². The van der Waals surface area contributed by atoms with Gasteiger partial charge in [0.25, 0.3) is 5.91 Å². The summed E-state index contributed by atoms with van der Waals surface area (Å²) in [6.45, 7) is 5.35. The number of morpholine rings is 1. The van der Waals surface area contributed by atoms with Gasteiger partial charge in [-0.05, 0) is 43.9 Å². The van der Waals surface area contributed by atoms with Gasteiger partial charge >= 0.3 is 0 Å². The van der Waals surface area contributed by atoms with Crippen LogP contribution in [0.1, 0.15) is 34.3 Å². The van der Waals surface area contributed by atoms with Crippen molar-refractivity contribution in [2.45, 2.75) is 38.9 Å². The fourth-order valence-electron chi connectivity index (χ4n) is 3.05. The maximum absolute atomic E-state index is 12.6. The second kappa shape index (κ2) is 4.53. The zero-order valence-corrected chi connectivity index (χ0v) is 11.5. The van der Waals surface area contributed by atoms with Crippen molar-refractivity contribution < 1.29 is 9.53 Å². The third kappa shape index (κ3) is 2.21. The third-order valence-corrected chi connectivity index (χ3v) is 4.17. The summed E-state index contributed by atoms with van der Waals surface area (Å²) >= 11 is 0. The Bertz CT molecular complexity index is 515. The molecule has 4 heteroatoms. The highest BCUT2D eigenvalue weighted by atomic mass is 16.5. The van der Waals surface area contributed by atoms with E-state index in [2.05, 4.69) is 0 Å². The van der Waals surface area contributed by atoms with Gasteiger partial charge in [-0.15, -0.1) is 0 Å². The van der Waals surface area contributed by atoms with Gasteiger partial charge in [0.05, 0.1) is 12.2 Å². The van der Waals surface area contributed by atoms with Crippen LogP contribution in [0.3, 0.4) is 0 Å². The van der Waals surface area contributed by atoms with Crippen molar-refractivity contribution in [3.05, 3.63) is 28.8 Å². The summed E-state index contributed by atoms with van der Waals surface area (Å²) in [5, 5.41) is 0. The molecule has 19 heavy (non-hydrogen) atoms. The first-order valence-corrected chi connectivity index (χ1v) is 6.86. The van der Waals surface area contributed by atoms with Crippen LogP contribution < -0.4 is 5.73 Å². The van der Waals surface area contributed by atoms with Crippen LogP contribution in [0.25, 0.3) is 0 Å². The second-order valence-corrected chi connectivity index (χ2v) is 5.69. The number of nitrogens with zero attached hydrogens (tertiary/aromatic N) is 1. The van der Waals surface area contributed by atoms with Crippen LogP contribution in [0, 0.1) is 13.8 Å². The van der Waals surface area contributed by atoms with Gasteiger partial charge < -0.3 is 15.4 Å².